The van der Waals surface area contributed by atoms with E-state index in [1.165, 1.54) is 0 Å². The number of methoxy groups -OCH3 is 1. The molecule has 6 heteroatoms. The predicted molar refractivity (Wildman–Crippen MR) is 65.4 cm³/mol. The van der Waals surface area contributed by atoms with E-state index in [-0.39, 0.29) is 18.5 Å². The minimum absolute atomic E-state index is 0.0140. The second kappa shape index (κ2) is 6.24. The third kappa shape index (κ3) is 3.74. The highest BCUT2D eigenvalue weighted by Gasteiger charge is 2.18. The van der Waals surface area contributed by atoms with Gasteiger partial charge in [0.25, 0.3) is 0 Å². The van der Waals surface area contributed by atoms with E-state index in [1.807, 2.05) is 13.8 Å². The molecule has 1 heterocycles. The van der Waals surface area contributed by atoms with Crippen molar-refractivity contribution in [2.45, 2.75) is 26.4 Å². The maximum atomic E-state index is 12.0. The molecule has 1 atom stereocenters. The largest absolute Gasteiger partial charge is 0.383 e. The Morgan fingerprint density at radius 3 is 2.88 bits per heavy atom. The number of rotatable bonds is 6. The van der Waals surface area contributed by atoms with E-state index in [0.717, 1.165) is 0 Å². The van der Waals surface area contributed by atoms with Crippen LogP contribution in [0.2, 0.25) is 0 Å². The first-order valence-corrected chi connectivity index (χ1v) is 5.65. The van der Waals surface area contributed by atoms with E-state index in [2.05, 4.69) is 5.10 Å². The van der Waals surface area contributed by atoms with Crippen molar-refractivity contribution in [2.75, 3.05) is 26.0 Å². The Kier molecular flexibility index (Phi) is 4.96. The minimum atomic E-state index is 0.0140. The topological polar surface area (TPSA) is 73.4 Å². The van der Waals surface area contributed by atoms with Gasteiger partial charge in [-0.05, 0) is 19.9 Å². The molecule has 1 amide bonds. The summed E-state index contributed by atoms with van der Waals surface area (Å²) in [5.41, 5.74) is 5.49. The number of carbonyl (C=O) groups is 1. The van der Waals surface area contributed by atoms with Gasteiger partial charge in [0.05, 0.1) is 12.6 Å². The average molecular weight is 240 g/mol. The number of nitrogens with two attached hydrogens (primary N) is 1. The van der Waals surface area contributed by atoms with Gasteiger partial charge < -0.3 is 15.4 Å². The average Bonchev–Trinajstić information content (AvgIpc) is 2.65. The van der Waals surface area contributed by atoms with E-state index in [1.54, 1.807) is 29.0 Å². The number of amides is 1. The van der Waals surface area contributed by atoms with Crippen LogP contribution in [0.1, 0.15) is 13.8 Å². The van der Waals surface area contributed by atoms with Crippen LogP contribution in [0.4, 0.5) is 5.82 Å². The Labute approximate surface area is 101 Å². The van der Waals surface area contributed by atoms with E-state index >= 15 is 0 Å². The molecule has 0 radical (unpaired) electrons. The maximum Gasteiger partial charge on any atom is 0.244 e. The zero-order valence-corrected chi connectivity index (χ0v) is 10.6. The second-order valence-electron chi connectivity index (χ2n) is 3.92. The van der Waals surface area contributed by atoms with Crippen molar-refractivity contribution in [1.82, 2.24) is 14.7 Å². The molecule has 1 aromatic heterocycles. The zero-order valence-electron chi connectivity index (χ0n) is 10.6. The van der Waals surface area contributed by atoms with Crippen molar-refractivity contribution in [3.05, 3.63) is 12.3 Å². The van der Waals surface area contributed by atoms with Crippen molar-refractivity contribution in [3.63, 3.8) is 0 Å². The van der Waals surface area contributed by atoms with Gasteiger partial charge in [-0.25, -0.2) is 0 Å². The van der Waals surface area contributed by atoms with Crippen LogP contribution in [-0.2, 0) is 16.1 Å². The normalized spacial score (nSPS) is 12.4. The van der Waals surface area contributed by atoms with Crippen molar-refractivity contribution in [3.8, 4) is 0 Å². The summed E-state index contributed by atoms with van der Waals surface area (Å²) in [6, 6.07) is 1.73. The molecule has 0 aliphatic carbocycles. The Morgan fingerprint density at radius 1 is 1.71 bits per heavy atom. The lowest BCUT2D eigenvalue weighted by Gasteiger charge is -2.27. The zero-order chi connectivity index (χ0) is 12.8. The fourth-order valence-corrected chi connectivity index (χ4v) is 1.76. The van der Waals surface area contributed by atoms with E-state index in [4.69, 9.17) is 10.5 Å². The summed E-state index contributed by atoms with van der Waals surface area (Å²) in [4.78, 5) is 13.8. The van der Waals surface area contributed by atoms with Crippen LogP contribution in [0.25, 0.3) is 0 Å². The molecule has 0 aliphatic heterocycles. The van der Waals surface area contributed by atoms with Crippen molar-refractivity contribution >= 4 is 11.7 Å². The third-order valence-corrected chi connectivity index (χ3v) is 2.56. The Bertz CT molecular complexity index is 364. The predicted octanol–water partition coefficient (Wildman–Crippen LogP) is 0.349. The monoisotopic (exact) mass is 240 g/mol. The van der Waals surface area contributed by atoms with Gasteiger partial charge in [-0.2, -0.15) is 5.10 Å². The van der Waals surface area contributed by atoms with Crippen molar-refractivity contribution in [1.29, 1.82) is 0 Å². The Hall–Kier alpha value is -1.56. The number of aromatic nitrogens is 2. The summed E-state index contributed by atoms with van der Waals surface area (Å²) in [5, 5.41) is 3.99. The van der Waals surface area contributed by atoms with Crippen molar-refractivity contribution in [2.24, 2.45) is 0 Å². The lowest BCUT2D eigenvalue weighted by atomic mass is 10.3. The van der Waals surface area contributed by atoms with Crippen LogP contribution in [0, 0.1) is 0 Å². The fourth-order valence-electron chi connectivity index (χ4n) is 1.76. The van der Waals surface area contributed by atoms with Gasteiger partial charge in [0.2, 0.25) is 5.91 Å². The molecule has 96 valence electrons. The van der Waals surface area contributed by atoms with Gasteiger partial charge in [0, 0.05) is 19.9 Å². The first kappa shape index (κ1) is 13.5. The van der Waals surface area contributed by atoms with Gasteiger partial charge in [-0.1, -0.05) is 0 Å². The summed E-state index contributed by atoms with van der Waals surface area (Å²) < 4.78 is 6.60. The highest BCUT2D eigenvalue weighted by atomic mass is 16.5. The number of hydrogen-bond acceptors (Lipinski definition) is 4. The summed E-state index contributed by atoms with van der Waals surface area (Å²) in [7, 11) is 1.63. The molecule has 0 saturated carbocycles. The third-order valence-electron chi connectivity index (χ3n) is 2.56. The first-order chi connectivity index (χ1) is 8.08. The number of hydrogen-bond donors (Lipinski definition) is 1. The number of anilines is 1. The molecule has 0 aliphatic rings. The lowest BCUT2D eigenvalue weighted by Crippen LogP contribution is -2.42. The van der Waals surface area contributed by atoms with Crippen LogP contribution in [-0.4, -0.2) is 46.9 Å². The number of ether oxygens (including phenoxy) is 1. The lowest BCUT2D eigenvalue weighted by molar-refractivity contribution is -0.134. The van der Waals surface area contributed by atoms with E-state index in [0.29, 0.717) is 19.0 Å². The Morgan fingerprint density at radius 2 is 2.41 bits per heavy atom. The van der Waals surface area contributed by atoms with Crippen LogP contribution in [0.5, 0.6) is 0 Å². The molecule has 0 aromatic carbocycles. The molecule has 0 bridgehead atoms. The quantitative estimate of drug-likeness (QED) is 0.778. The highest BCUT2D eigenvalue weighted by molar-refractivity contribution is 5.76. The van der Waals surface area contributed by atoms with Crippen molar-refractivity contribution < 1.29 is 9.53 Å². The fraction of sp³-hybridized carbons (Fsp3) is 0.636. The van der Waals surface area contributed by atoms with Gasteiger partial charge in [0.1, 0.15) is 12.4 Å². The standard InChI is InChI=1S/C11H20N4O2/c1-4-15(9(2)8-17-3)11(16)7-14-6-5-10(12)13-14/h5-6,9H,4,7-8H2,1-3H3,(H2,12,13). The minimum Gasteiger partial charge on any atom is -0.383 e. The highest BCUT2D eigenvalue weighted by Crippen LogP contribution is 2.03. The van der Waals surface area contributed by atoms with Gasteiger partial charge in [-0.3, -0.25) is 9.48 Å². The smallest absolute Gasteiger partial charge is 0.244 e. The number of nitrogens with zero attached hydrogens (tertiary/aromatic N) is 3. The van der Waals surface area contributed by atoms with E-state index in [9.17, 15) is 4.79 Å². The van der Waals surface area contributed by atoms with Gasteiger partial charge in [0.15, 0.2) is 0 Å². The molecule has 17 heavy (non-hydrogen) atoms. The molecule has 0 saturated heterocycles. The molecule has 1 rings (SSSR count). The summed E-state index contributed by atoms with van der Waals surface area (Å²) in [6.45, 7) is 5.30. The molecule has 0 spiro atoms. The second-order valence-corrected chi connectivity index (χ2v) is 3.92. The number of likely N-dealkylation sites (N-methyl/N-ethyl adjacent to an activating group) is 1. The first-order valence-electron chi connectivity index (χ1n) is 5.65. The molecule has 6 nitrogen and oxygen atoms in total. The molecular formula is C11H20N4O2. The summed E-state index contributed by atoms with van der Waals surface area (Å²) in [5.74, 6) is 0.436. The molecule has 1 aromatic rings. The molecule has 1 unspecified atom stereocenters. The maximum absolute atomic E-state index is 12.0. The summed E-state index contributed by atoms with van der Waals surface area (Å²) in [6.07, 6.45) is 1.70. The number of nitrogen functional groups attached to an aromatic ring is 1. The van der Waals surface area contributed by atoms with Gasteiger partial charge >= 0.3 is 0 Å². The molecular weight excluding hydrogens is 220 g/mol. The molecule has 0 fully saturated rings. The van der Waals surface area contributed by atoms with Crippen LogP contribution >= 0.6 is 0 Å². The van der Waals surface area contributed by atoms with Gasteiger partial charge in [-0.15, -0.1) is 0 Å². The number of carbonyl (C=O) groups excluding carboxylic acids is 1. The van der Waals surface area contributed by atoms with Crippen LogP contribution in [0.3, 0.4) is 0 Å². The van der Waals surface area contributed by atoms with E-state index < -0.39 is 0 Å². The SMILES string of the molecule is CCN(C(=O)Cn1ccc(N)n1)C(C)COC. The summed E-state index contributed by atoms with van der Waals surface area (Å²) >= 11 is 0. The Balaban J connectivity index is 2.60. The van der Waals surface area contributed by atoms with Crippen LogP contribution in [0.15, 0.2) is 12.3 Å². The van der Waals surface area contributed by atoms with Crippen LogP contribution < -0.4 is 5.73 Å². The molecule has 2 N–H and O–H groups in total.